The van der Waals surface area contributed by atoms with E-state index in [0.29, 0.717) is 12.8 Å². The van der Waals surface area contributed by atoms with E-state index in [0.717, 1.165) is 15.8 Å². The minimum atomic E-state index is -4.92. The van der Waals surface area contributed by atoms with Gasteiger partial charge in [0, 0.05) is 31.6 Å². The lowest BCUT2D eigenvalue weighted by Crippen LogP contribution is -2.46. The summed E-state index contributed by atoms with van der Waals surface area (Å²) in [6.07, 6.45) is -0.207. The summed E-state index contributed by atoms with van der Waals surface area (Å²) < 4.78 is 49.2. The Morgan fingerprint density at radius 2 is 1.63 bits per heavy atom. The summed E-state index contributed by atoms with van der Waals surface area (Å²) in [5.74, 6) is -3.25. The smallest absolute Gasteiger partial charge is 0.433 e. The summed E-state index contributed by atoms with van der Waals surface area (Å²) in [6, 6.07) is -1.27. The van der Waals surface area contributed by atoms with E-state index in [1.165, 1.54) is 12.4 Å². The van der Waals surface area contributed by atoms with Crippen LogP contribution in [0.15, 0.2) is 18.6 Å². The van der Waals surface area contributed by atoms with Gasteiger partial charge in [0.1, 0.15) is 0 Å². The van der Waals surface area contributed by atoms with Crippen molar-refractivity contribution in [3.8, 4) is 0 Å². The van der Waals surface area contributed by atoms with Gasteiger partial charge in [-0.05, 0) is 38.5 Å². The highest BCUT2D eigenvalue weighted by atomic mass is 35.5. The molecule has 1 saturated carbocycles. The number of carboxylic acids is 1. The van der Waals surface area contributed by atoms with Crippen LogP contribution in [-0.2, 0) is 15.7 Å². The van der Waals surface area contributed by atoms with Gasteiger partial charge < -0.3 is 14.7 Å². The molecule has 2 aliphatic rings. The summed E-state index contributed by atoms with van der Waals surface area (Å²) in [6.45, 7) is -0.00558. The quantitative estimate of drug-likeness (QED) is 0.465. The van der Waals surface area contributed by atoms with Gasteiger partial charge in [-0.25, -0.2) is 0 Å². The summed E-state index contributed by atoms with van der Waals surface area (Å²) >= 11 is 12.2. The molecule has 3 heterocycles. The van der Waals surface area contributed by atoms with Crippen LogP contribution in [0, 0.1) is 5.92 Å². The molecule has 2 fully saturated rings. The molecule has 2 aromatic heterocycles. The molecule has 4 rings (SSSR count). The summed E-state index contributed by atoms with van der Waals surface area (Å²) in [5.41, 5.74) is -1.97. The van der Waals surface area contributed by atoms with E-state index in [1.54, 1.807) is 0 Å². The van der Waals surface area contributed by atoms with E-state index in [9.17, 15) is 32.7 Å². The third-order valence-corrected chi connectivity index (χ3v) is 7.60. The normalized spacial score (nSPS) is 20.8. The zero-order valence-corrected chi connectivity index (χ0v) is 21.6. The number of nitrogens with zero attached hydrogens (tertiary/aromatic N) is 4. The van der Waals surface area contributed by atoms with Gasteiger partial charge in [-0.15, -0.1) is 0 Å². The number of carbonyl (C=O) groups excluding carboxylic acids is 2. The third-order valence-electron chi connectivity index (χ3n) is 7.02. The first kappa shape index (κ1) is 28.3. The van der Waals surface area contributed by atoms with Gasteiger partial charge in [-0.2, -0.15) is 18.3 Å². The van der Waals surface area contributed by atoms with Crippen LogP contribution in [0.2, 0.25) is 10.0 Å². The fourth-order valence-electron chi connectivity index (χ4n) is 5.08. The van der Waals surface area contributed by atoms with E-state index >= 15 is 0 Å². The molecule has 0 atom stereocenters. The van der Waals surface area contributed by atoms with Crippen molar-refractivity contribution in [2.75, 3.05) is 19.8 Å². The fraction of sp³-hybridized carbons (Fsp3) is 0.542. The summed E-state index contributed by atoms with van der Waals surface area (Å²) in [5, 5.41) is 13.1. The van der Waals surface area contributed by atoms with E-state index in [4.69, 9.17) is 27.9 Å². The molecule has 0 spiro atoms. The molecular formula is C24H25Cl2F3N4O5. The Morgan fingerprint density at radius 3 is 2.18 bits per heavy atom. The van der Waals surface area contributed by atoms with E-state index in [2.05, 4.69) is 10.1 Å². The zero-order chi connectivity index (χ0) is 27.6. The maximum atomic E-state index is 14.3. The number of pyridine rings is 1. The Kier molecular flexibility index (Phi) is 8.63. The molecule has 1 saturated heterocycles. The van der Waals surface area contributed by atoms with Crippen molar-refractivity contribution in [2.45, 2.75) is 56.8 Å². The number of rotatable bonds is 7. The number of halogens is 5. The first-order valence-corrected chi connectivity index (χ1v) is 12.8. The van der Waals surface area contributed by atoms with Crippen LogP contribution in [-0.4, -0.2) is 68.2 Å². The topological polar surface area (TPSA) is 115 Å². The minimum absolute atomic E-state index is 0.0392. The van der Waals surface area contributed by atoms with Gasteiger partial charge >= 0.3 is 12.1 Å². The Labute approximate surface area is 225 Å². The van der Waals surface area contributed by atoms with Crippen LogP contribution >= 0.6 is 23.2 Å². The van der Waals surface area contributed by atoms with Gasteiger partial charge in [-0.1, -0.05) is 23.2 Å². The number of ketones is 1. The molecule has 1 N–H and O–H groups in total. The first-order valence-electron chi connectivity index (χ1n) is 12.1. The van der Waals surface area contributed by atoms with E-state index in [1.807, 2.05) is 0 Å². The molecule has 0 aromatic carbocycles. The summed E-state index contributed by atoms with van der Waals surface area (Å²) in [7, 11) is 0. The molecule has 14 heteroatoms. The number of carbonyl (C=O) groups is 3. The van der Waals surface area contributed by atoms with Gasteiger partial charge in [-0.3, -0.25) is 24.0 Å². The van der Waals surface area contributed by atoms with E-state index < -0.39 is 59.6 Å². The number of ether oxygens (including phenoxy) is 1. The van der Waals surface area contributed by atoms with Crippen molar-refractivity contribution in [2.24, 2.45) is 5.92 Å². The van der Waals surface area contributed by atoms with Crippen molar-refractivity contribution in [3.05, 3.63) is 45.5 Å². The number of hydrogen-bond acceptors (Lipinski definition) is 6. The number of amides is 1. The highest BCUT2D eigenvalue weighted by molar-refractivity contribution is 6.39. The molecule has 38 heavy (non-hydrogen) atoms. The molecular weight excluding hydrogens is 552 g/mol. The van der Waals surface area contributed by atoms with Crippen LogP contribution in [0.3, 0.4) is 0 Å². The third kappa shape index (κ3) is 5.97. The lowest BCUT2D eigenvalue weighted by Gasteiger charge is -2.34. The van der Waals surface area contributed by atoms with Crippen LogP contribution < -0.4 is 0 Å². The Bertz CT molecular complexity index is 1190. The number of alkyl halides is 3. The van der Waals surface area contributed by atoms with Crippen LogP contribution in [0.1, 0.15) is 71.0 Å². The lowest BCUT2D eigenvalue weighted by atomic mass is 9.86. The average molecular weight is 577 g/mol. The molecule has 9 nitrogen and oxygen atoms in total. The summed E-state index contributed by atoms with van der Waals surface area (Å²) in [4.78, 5) is 43.1. The zero-order valence-electron chi connectivity index (χ0n) is 20.1. The molecule has 0 unspecified atom stereocenters. The second-order valence-electron chi connectivity index (χ2n) is 9.37. The van der Waals surface area contributed by atoms with Gasteiger partial charge in [0.2, 0.25) is 0 Å². The number of aliphatic carboxylic acids is 1. The predicted molar refractivity (Wildman–Crippen MR) is 129 cm³/mol. The molecule has 2 aromatic rings. The SMILES string of the molecule is O=C(CN(C(=O)c1cnn([C@H]2CC[C@H](C(=O)O)CC2)c1C(F)(F)F)C1CCOCC1)c1c(Cl)cncc1Cl. The molecule has 0 radical (unpaired) electrons. The maximum absolute atomic E-state index is 14.3. The molecule has 0 bridgehead atoms. The van der Waals surface area contributed by atoms with Crippen molar-refractivity contribution >= 4 is 40.9 Å². The average Bonchev–Trinajstić information content (AvgIpc) is 3.33. The monoisotopic (exact) mass is 576 g/mol. The molecule has 1 amide bonds. The number of Topliss-reactive ketones (excluding diaryl/α,β-unsaturated/α-hetero) is 1. The van der Waals surface area contributed by atoms with Crippen molar-refractivity contribution in [1.82, 2.24) is 19.7 Å². The highest BCUT2D eigenvalue weighted by Crippen LogP contribution is 2.39. The Hall–Kier alpha value is -2.70. The van der Waals surface area contributed by atoms with E-state index in [-0.39, 0.29) is 54.5 Å². The van der Waals surface area contributed by atoms with Crippen molar-refractivity contribution < 1.29 is 37.4 Å². The van der Waals surface area contributed by atoms with Gasteiger partial charge in [0.15, 0.2) is 11.5 Å². The Balaban J connectivity index is 1.68. The van der Waals surface area contributed by atoms with Crippen LogP contribution in [0.5, 0.6) is 0 Å². The minimum Gasteiger partial charge on any atom is -0.481 e. The van der Waals surface area contributed by atoms with Crippen molar-refractivity contribution in [1.29, 1.82) is 0 Å². The largest absolute Gasteiger partial charge is 0.481 e. The molecule has 206 valence electrons. The number of aromatic nitrogens is 3. The number of carboxylic acid groups (broad SMARTS) is 1. The second kappa shape index (κ2) is 11.6. The Morgan fingerprint density at radius 1 is 1.03 bits per heavy atom. The van der Waals surface area contributed by atoms with Gasteiger partial charge in [0.05, 0.1) is 45.9 Å². The first-order chi connectivity index (χ1) is 18.0. The lowest BCUT2D eigenvalue weighted by molar-refractivity contribution is -0.147. The second-order valence-corrected chi connectivity index (χ2v) is 10.2. The van der Waals surface area contributed by atoms with Crippen molar-refractivity contribution in [3.63, 3.8) is 0 Å². The maximum Gasteiger partial charge on any atom is 0.433 e. The number of hydrogen-bond donors (Lipinski definition) is 1. The van der Waals surface area contributed by atoms with Gasteiger partial charge in [0.25, 0.3) is 5.91 Å². The predicted octanol–water partition coefficient (Wildman–Crippen LogP) is 4.92. The highest BCUT2D eigenvalue weighted by Gasteiger charge is 2.44. The standard InChI is InChI=1S/C24H25Cl2F3N4O5/c25-17-10-30-11-18(26)20(17)19(34)12-32(14-5-7-38-8-6-14)22(35)16-9-31-33(21(16)24(27,28)29)15-3-1-13(2-4-15)23(36)37/h9-11,13-15H,1-8,12H2,(H,36,37)/t13-,15-. The fourth-order valence-corrected chi connectivity index (χ4v) is 5.65. The van der Waals surface area contributed by atoms with Crippen LogP contribution in [0.4, 0.5) is 13.2 Å². The molecule has 1 aliphatic heterocycles. The molecule has 1 aliphatic carbocycles. The van der Waals surface area contributed by atoms with Crippen LogP contribution in [0.25, 0.3) is 0 Å².